The molecule has 0 aliphatic heterocycles. The molecule has 0 bridgehead atoms. The molecule has 0 fully saturated rings. The average Bonchev–Trinajstić information content (AvgIpc) is 4.14. The molecule has 18 nitrogen and oxygen atoms in total. The number of aromatic hydroxyl groups is 1. The predicted octanol–water partition coefficient (Wildman–Crippen LogP) is 10.2. The summed E-state index contributed by atoms with van der Waals surface area (Å²) in [4.78, 5) is 29.1. The number of alkyl halides is 3. The molecular formula is C48H36BCl3F3N7O11S4. The molecule has 9 aromatic rings. The first-order valence-electron chi connectivity index (χ1n) is 21.3. The summed E-state index contributed by atoms with van der Waals surface area (Å²) in [5.41, 5.74) is 2.12. The zero-order valence-corrected chi connectivity index (χ0v) is 44.6. The highest BCUT2D eigenvalue weighted by atomic mass is 35.5. The molecule has 9 rings (SSSR count). The third kappa shape index (κ3) is 15.7. The molecule has 29 heteroatoms. The van der Waals surface area contributed by atoms with E-state index in [1.165, 1.54) is 57.4 Å². The summed E-state index contributed by atoms with van der Waals surface area (Å²) < 4.78 is 98.6. The molecule has 0 spiro atoms. The second-order valence-corrected chi connectivity index (χ2v) is 21.6. The van der Waals surface area contributed by atoms with Gasteiger partial charge in [0, 0.05) is 67.4 Å². The lowest BCUT2D eigenvalue weighted by Gasteiger charge is -2.22. The van der Waals surface area contributed by atoms with Crippen LogP contribution in [0.25, 0.3) is 37.6 Å². The Morgan fingerprint density at radius 1 is 0.779 bits per heavy atom. The first-order chi connectivity index (χ1) is 36.5. The van der Waals surface area contributed by atoms with Crippen LogP contribution in [0.15, 0.2) is 155 Å². The maximum absolute atomic E-state index is 13.5. The lowest BCUT2D eigenvalue weighted by molar-refractivity contribution is -0.192. The number of fused-ring (bicyclic) bond motifs is 2. The highest BCUT2D eigenvalue weighted by Crippen LogP contribution is 2.37. The number of carbonyl (C=O) groups is 1. The second kappa shape index (κ2) is 26.2. The average molecular weight is 1190 g/mol. The van der Waals surface area contributed by atoms with Crippen LogP contribution in [0.5, 0.6) is 17.2 Å². The van der Waals surface area contributed by atoms with E-state index in [2.05, 4.69) is 29.5 Å². The van der Waals surface area contributed by atoms with Crippen molar-refractivity contribution in [2.24, 2.45) is 0 Å². The SMILES string of the molecule is COc1ccc(CN(c2nccs2)S(=O)(=O)c2ccc3c(Cl)nccc3c2)cc1.O=C(O)C(F)(F)F.OB(O)c1ccc(Cl)cc1O.[C-]#[N+]COc1cc(Cl)ccc1-c1nccc2cc(S(=O)(=O)Nc3nccs3)ccc12. The fourth-order valence-electron chi connectivity index (χ4n) is 6.53. The fraction of sp³-hybridized carbons (Fsp3) is 0.0833. The van der Waals surface area contributed by atoms with E-state index < -0.39 is 39.3 Å². The third-order valence-corrected chi connectivity index (χ3v) is 15.7. The van der Waals surface area contributed by atoms with Gasteiger partial charge in [-0.05, 0) is 101 Å². The van der Waals surface area contributed by atoms with E-state index in [-0.39, 0.29) is 34.3 Å². The van der Waals surface area contributed by atoms with Crippen LogP contribution in [0.4, 0.5) is 23.4 Å². The van der Waals surface area contributed by atoms with E-state index >= 15 is 0 Å². The van der Waals surface area contributed by atoms with Gasteiger partial charge in [0.1, 0.15) is 22.4 Å². The molecule has 0 saturated carbocycles. The van der Waals surface area contributed by atoms with Crippen LogP contribution in [0.2, 0.25) is 15.2 Å². The third-order valence-electron chi connectivity index (χ3n) is 10.1. The van der Waals surface area contributed by atoms with Crippen molar-refractivity contribution in [2.75, 3.05) is 22.9 Å². The highest BCUT2D eigenvalue weighted by molar-refractivity contribution is 7.93. The number of carboxylic acids is 1. The fourth-order valence-corrected chi connectivity index (χ4v) is 11.2. The number of phenolic OH excluding ortho intramolecular Hbond substituents is 1. The zero-order valence-electron chi connectivity index (χ0n) is 39.1. The Bertz CT molecular complexity index is 3780. The van der Waals surface area contributed by atoms with Crippen molar-refractivity contribution in [1.82, 2.24) is 19.9 Å². The quantitative estimate of drug-likeness (QED) is 0.0409. The Hall–Kier alpha value is -7.32. The topological polar surface area (TPSA) is 256 Å². The number of aliphatic carboxylic acids is 1. The van der Waals surface area contributed by atoms with Crippen LogP contribution in [-0.4, -0.2) is 90.1 Å². The van der Waals surface area contributed by atoms with Gasteiger partial charge in [0.25, 0.3) is 20.0 Å². The van der Waals surface area contributed by atoms with Gasteiger partial charge in [0.05, 0.1) is 29.1 Å². The summed E-state index contributed by atoms with van der Waals surface area (Å²) in [6, 6.07) is 29.5. The van der Waals surface area contributed by atoms with Gasteiger partial charge in [-0.1, -0.05) is 59.1 Å². The van der Waals surface area contributed by atoms with Gasteiger partial charge in [-0.3, -0.25) is 14.6 Å². The number of phenols is 1. The van der Waals surface area contributed by atoms with Gasteiger partial charge < -0.3 is 29.7 Å². The molecule has 0 aliphatic rings. The Balaban J connectivity index is 0.000000190. The number of sulfonamides is 2. The molecular weight excluding hydrogens is 1150 g/mol. The molecule has 0 atom stereocenters. The van der Waals surface area contributed by atoms with Gasteiger partial charge >= 0.3 is 26.0 Å². The minimum Gasteiger partial charge on any atom is -0.508 e. The molecule has 4 aromatic heterocycles. The van der Waals surface area contributed by atoms with Gasteiger partial charge in [-0.2, -0.15) is 13.2 Å². The summed E-state index contributed by atoms with van der Waals surface area (Å²) in [5, 5.41) is 41.6. The number of ether oxygens (including phenoxy) is 2. The molecule has 4 heterocycles. The Morgan fingerprint density at radius 3 is 2.00 bits per heavy atom. The van der Waals surface area contributed by atoms with Crippen molar-refractivity contribution in [2.45, 2.75) is 22.5 Å². The number of aromatic nitrogens is 4. The number of benzene rings is 5. The molecule has 0 saturated heterocycles. The van der Waals surface area contributed by atoms with Crippen molar-refractivity contribution < 1.29 is 64.5 Å². The van der Waals surface area contributed by atoms with E-state index in [1.807, 2.05) is 12.1 Å². The van der Waals surface area contributed by atoms with Crippen molar-refractivity contribution >= 4 is 128 Å². The van der Waals surface area contributed by atoms with Crippen LogP contribution in [0.3, 0.4) is 0 Å². The summed E-state index contributed by atoms with van der Waals surface area (Å²) in [7, 11) is -7.71. The van der Waals surface area contributed by atoms with Gasteiger partial charge in [0.2, 0.25) is 0 Å². The first kappa shape index (κ1) is 58.9. The maximum Gasteiger partial charge on any atom is 0.492 e. The zero-order chi connectivity index (χ0) is 56.1. The summed E-state index contributed by atoms with van der Waals surface area (Å²) >= 11 is 20.1. The molecule has 0 radical (unpaired) electrons. The monoisotopic (exact) mass is 1190 g/mol. The number of rotatable bonds is 13. The number of carboxylic acid groups (broad SMARTS) is 1. The van der Waals surface area contributed by atoms with Crippen molar-refractivity contribution in [1.29, 1.82) is 0 Å². The minimum atomic E-state index is -5.08. The number of anilines is 2. The van der Waals surface area contributed by atoms with Crippen molar-refractivity contribution in [3.63, 3.8) is 0 Å². The molecule has 398 valence electrons. The van der Waals surface area contributed by atoms with Crippen LogP contribution < -0.4 is 24.0 Å². The largest absolute Gasteiger partial charge is 0.508 e. The first-order valence-corrected chi connectivity index (χ1v) is 27.1. The molecule has 0 unspecified atom stereocenters. The van der Waals surface area contributed by atoms with E-state index in [0.29, 0.717) is 64.4 Å². The van der Waals surface area contributed by atoms with Crippen molar-refractivity contribution in [3.8, 4) is 28.5 Å². The van der Waals surface area contributed by atoms with Crippen LogP contribution in [0.1, 0.15) is 5.56 Å². The smallest absolute Gasteiger partial charge is 0.492 e. The molecule has 5 N–H and O–H groups in total. The normalized spacial score (nSPS) is 11.1. The molecule has 77 heavy (non-hydrogen) atoms. The van der Waals surface area contributed by atoms with Crippen molar-refractivity contribution in [3.05, 3.63) is 177 Å². The van der Waals surface area contributed by atoms with E-state index in [9.17, 15) is 30.0 Å². The molecule has 0 amide bonds. The number of hydrogen-bond donors (Lipinski definition) is 5. The lowest BCUT2D eigenvalue weighted by atomic mass is 9.80. The van der Waals surface area contributed by atoms with Gasteiger partial charge in [0.15, 0.2) is 10.3 Å². The predicted molar refractivity (Wildman–Crippen MR) is 289 cm³/mol. The van der Waals surface area contributed by atoms with E-state index in [1.54, 1.807) is 109 Å². The minimum absolute atomic E-state index is 0.0504. The highest BCUT2D eigenvalue weighted by Gasteiger charge is 2.38. The second-order valence-electron chi connectivity index (χ2n) is 15.1. The summed E-state index contributed by atoms with van der Waals surface area (Å²) in [6.45, 7) is 6.95. The van der Waals surface area contributed by atoms with E-state index in [0.717, 1.165) is 10.9 Å². The maximum atomic E-state index is 13.5. The summed E-state index contributed by atoms with van der Waals surface area (Å²) in [5.74, 6) is -1.84. The standard InChI is InChI=1S/C20H13ClN4O3S2.C20H16ClN3O3S2.C6H6BClO3.C2HF3O2/c1-22-12-28-18-11-14(21)2-4-17(18)19-16-5-3-15(10-13(16)6-7-23-19)30(26,27)25-20-24-8-9-29-20;1-27-16-4-2-14(3-5-16)13-24(20-23-10-11-28-20)29(25,26)17-6-7-18-15(12-17)8-9-22-19(18)21;8-4-1-2-5(7(10)11)6(9)3-4;3-2(4,5)1(6)7/h2-11H,12H2,(H,24,25);2-12H,13H2,1H3;1-3,9-11H;(H,6,7). The van der Waals surface area contributed by atoms with Crippen LogP contribution >= 0.6 is 57.5 Å². The number of hydrogen-bond acceptors (Lipinski definition) is 16. The number of methoxy groups -OCH3 is 1. The van der Waals surface area contributed by atoms with E-state index in [4.69, 9.17) is 75.9 Å². The number of nitrogens with zero attached hydrogens (tertiary/aromatic N) is 6. The number of thiazole rings is 2. The Labute approximate surface area is 460 Å². The number of nitrogens with one attached hydrogen (secondary N) is 1. The number of halogens is 6. The Kier molecular flexibility index (Phi) is 20.0. The number of pyridine rings is 2. The van der Waals surface area contributed by atoms with Crippen LogP contribution in [-0.2, 0) is 31.4 Å². The van der Waals surface area contributed by atoms with Gasteiger partial charge in [-0.25, -0.2) is 47.5 Å². The Morgan fingerprint density at radius 2 is 1.39 bits per heavy atom. The van der Waals surface area contributed by atoms with Gasteiger partial charge in [-0.15, -0.1) is 22.7 Å². The summed E-state index contributed by atoms with van der Waals surface area (Å²) in [6.07, 6.45) is 1.18. The van der Waals surface area contributed by atoms with Crippen LogP contribution in [0, 0.1) is 6.57 Å². The molecule has 5 aromatic carbocycles. The molecule has 0 aliphatic carbocycles. The lowest BCUT2D eigenvalue weighted by Crippen LogP contribution is -2.30.